The molecule has 8 heteroatoms. The zero-order valence-corrected chi connectivity index (χ0v) is 16.2. The SMILES string of the molecule is Cc1nc2c(c3c1C(=O)C(NC1CCCCC1)=CC3=O)c(=O)n(C)c(=O)n2C. The topological polar surface area (TPSA) is 103 Å². The van der Waals surface area contributed by atoms with E-state index in [1.54, 1.807) is 6.92 Å². The number of carbonyl (C=O) groups excluding carboxylic acids is 2. The van der Waals surface area contributed by atoms with Crippen molar-refractivity contribution in [2.75, 3.05) is 0 Å². The summed E-state index contributed by atoms with van der Waals surface area (Å²) in [7, 11) is 2.83. The average molecular weight is 382 g/mol. The van der Waals surface area contributed by atoms with Crippen LogP contribution in [0.5, 0.6) is 0 Å². The molecule has 0 atom stereocenters. The summed E-state index contributed by atoms with van der Waals surface area (Å²) in [5.74, 6) is -0.748. The molecule has 2 heterocycles. The van der Waals surface area contributed by atoms with Gasteiger partial charge in [-0.05, 0) is 19.8 Å². The summed E-state index contributed by atoms with van der Waals surface area (Å²) in [6, 6.07) is 0.167. The summed E-state index contributed by atoms with van der Waals surface area (Å²) < 4.78 is 2.15. The number of hydrogen-bond acceptors (Lipinski definition) is 6. The Bertz CT molecular complexity index is 1180. The van der Waals surface area contributed by atoms with Crippen LogP contribution in [0.4, 0.5) is 0 Å². The Hall–Kier alpha value is -3.03. The molecule has 2 aliphatic rings. The second-order valence-electron chi connectivity index (χ2n) is 7.58. The fourth-order valence-corrected chi connectivity index (χ4v) is 4.21. The molecular formula is C20H22N4O4. The van der Waals surface area contributed by atoms with Crippen LogP contribution in [0.15, 0.2) is 21.4 Å². The molecule has 0 radical (unpaired) electrons. The normalized spacial score (nSPS) is 17.6. The van der Waals surface area contributed by atoms with E-state index >= 15 is 0 Å². The molecule has 0 amide bonds. The first kappa shape index (κ1) is 18.3. The maximum Gasteiger partial charge on any atom is 0.332 e. The Kier molecular flexibility index (Phi) is 4.28. The van der Waals surface area contributed by atoms with Gasteiger partial charge >= 0.3 is 5.69 Å². The lowest BCUT2D eigenvalue weighted by Gasteiger charge is -2.27. The van der Waals surface area contributed by atoms with Gasteiger partial charge in [0.05, 0.1) is 27.9 Å². The fraction of sp³-hybridized carbons (Fsp3) is 0.450. The molecular weight excluding hydrogens is 360 g/mol. The van der Waals surface area contributed by atoms with Crippen molar-refractivity contribution in [1.29, 1.82) is 0 Å². The zero-order chi connectivity index (χ0) is 20.2. The molecule has 2 aromatic heterocycles. The second kappa shape index (κ2) is 6.54. The van der Waals surface area contributed by atoms with Gasteiger partial charge < -0.3 is 5.32 Å². The molecule has 0 aromatic carbocycles. The quantitative estimate of drug-likeness (QED) is 0.835. The van der Waals surface area contributed by atoms with E-state index in [1.165, 1.54) is 31.2 Å². The number of pyridine rings is 1. The minimum absolute atomic E-state index is 0.0107. The van der Waals surface area contributed by atoms with Gasteiger partial charge in [-0.3, -0.25) is 23.5 Å². The van der Waals surface area contributed by atoms with Crippen molar-refractivity contribution < 1.29 is 9.59 Å². The monoisotopic (exact) mass is 382 g/mol. The van der Waals surface area contributed by atoms with Gasteiger partial charge in [0.25, 0.3) is 5.56 Å². The molecule has 2 aromatic rings. The van der Waals surface area contributed by atoms with Crippen LogP contribution < -0.4 is 16.6 Å². The molecule has 0 aliphatic heterocycles. The van der Waals surface area contributed by atoms with Gasteiger partial charge in [-0.25, -0.2) is 9.78 Å². The summed E-state index contributed by atoms with van der Waals surface area (Å²) >= 11 is 0. The smallest absolute Gasteiger partial charge is 0.332 e. The van der Waals surface area contributed by atoms with E-state index < -0.39 is 17.0 Å². The Labute approximate surface area is 160 Å². The van der Waals surface area contributed by atoms with Crippen LogP contribution >= 0.6 is 0 Å². The molecule has 8 nitrogen and oxygen atoms in total. The van der Waals surface area contributed by atoms with Crippen LogP contribution in [0.3, 0.4) is 0 Å². The van der Waals surface area contributed by atoms with Crippen LogP contribution in [0.25, 0.3) is 11.0 Å². The van der Waals surface area contributed by atoms with Gasteiger partial charge in [-0.15, -0.1) is 0 Å². The van der Waals surface area contributed by atoms with Crippen molar-refractivity contribution in [1.82, 2.24) is 19.4 Å². The second-order valence-corrected chi connectivity index (χ2v) is 7.58. The average Bonchev–Trinajstić information content (AvgIpc) is 2.68. The van der Waals surface area contributed by atoms with E-state index in [0.717, 1.165) is 30.3 Å². The summed E-state index contributed by atoms with van der Waals surface area (Å²) in [4.78, 5) is 55.4. The lowest BCUT2D eigenvalue weighted by molar-refractivity contribution is 0.0975. The van der Waals surface area contributed by atoms with Crippen LogP contribution in [-0.2, 0) is 14.1 Å². The minimum Gasteiger partial charge on any atom is -0.379 e. The van der Waals surface area contributed by atoms with Crippen molar-refractivity contribution in [2.24, 2.45) is 14.1 Å². The molecule has 1 fully saturated rings. The number of nitrogens with zero attached hydrogens (tertiary/aromatic N) is 3. The lowest BCUT2D eigenvalue weighted by atomic mass is 9.88. The predicted molar refractivity (Wildman–Crippen MR) is 104 cm³/mol. The number of Topliss-reactive ketones (excluding diaryl/α,β-unsaturated/α-hetero) is 1. The number of aryl methyl sites for hydroxylation is 2. The van der Waals surface area contributed by atoms with Crippen LogP contribution in [0.1, 0.15) is 58.5 Å². The number of allylic oxidation sites excluding steroid dienone is 2. The first-order valence-corrected chi connectivity index (χ1v) is 9.49. The van der Waals surface area contributed by atoms with E-state index in [0.29, 0.717) is 5.69 Å². The van der Waals surface area contributed by atoms with E-state index in [4.69, 9.17) is 0 Å². The molecule has 0 spiro atoms. The zero-order valence-electron chi connectivity index (χ0n) is 16.2. The lowest BCUT2D eigenvalue weighted by Crippen LogP contribution is -2.40. The largest absolute Gasteiger partial charge is 0.379 e. The van der Waals surface area contributed by atoms with Crippen molar-refractivity contribution in [3.8, 4) is 0 Å². The highest BCUT2D eigenvalue weighted by molar-refractivity contribution is 6.28. The molecule has 1 N–H and O–H groups in total. The van der Waals surface area contributed by atoms with E-state index in [2.05, 4.69) is 10.3 Å². The van der Waals surface area contributed by atoms with Crippen molar-refractivity contribution in [3.05, 3.63) is 49.4 Å². The van der Waals surface area contributed by atoms with Gasteiger partial charge in [-0.1, -0.05) is 19.3 Å². The number of rotatable bonds is 2. The molecule has 0 bridgehead atoms. The molecule has 1 saturated carbocycles. The molecule has 0 saturated heterocycles. The van der Waals surface area contributed by atoms with E-state index in [1.807, 2.05) is 0 Å². The molecule has 0 unspecified atom stereocenters. The van der Waals surface area contributed by atoms with E-state index in [-0.39, 0.29) is 39.7 Å². The van der Waals surface area contributed by atoms with Crippen molar-refractivity contribution >= 4 is 22.6 Å². The van der Waals surface area contributed by atoms with Crippen LogP contribution in [0.2, 0.25) is 0 Å². The van der Waals surface area contributed by atoms with Gasteiger partial charge in [0.15, 0.2) is 5.78 Å². The Balaban J connectivity index is 1.92. The molecule has 28 heavy (non-hydrogen) atoms. The standard InChI is InChI=1S/C20H22N4O4/c1-10-14-15(16-18(21-10)23(2)20(28)24(3)19(16)27)13(25)9-12(17(14)26)22-11-7-5-4-6-8-11/h9,11,22H,4-8H2,1-3H3. The highest BCUT2D eigenvalue weighted by atomic mass is 16.2. The Morgan fingerprint density at radius 3 is 2.36 bits per heavy atom. The van der Waals surface area contributed by atoms with Crippen molar-refractivity contribution in [2.45, 2.75) is 45.1 Å². The summed E-state index contributed by atoms with van der Waals surface area (Å²) in [5, 5.41) is 3.24. The van der Waals surface area contributed by atoms with Gasteiger partial charge in [0.2, 0.25) is 5.78 Å². The summed E-state index contributed by atoms with van der Waals surface area (Å²) in [6.45, 7) is 1.62. The highest BCUT2D eigenvalue weighted by Crippen LogP contribution is 2.28. The molecule has 146 valence electrons. The third-order valence-corrected chi connectivity index (χ3v) is 5.73. The fourth-order valence-electron chi connectivity index (χ4n) is 4.21. The first-order chi connectivity index (χ1) is 13.3. The van der Waals surface area contributed by atoms with Gasteiger partial charge in [0.1, 0.15) is 5.65 Å². The Morgan fingerprint density at radius 2 is 1.68 bits per heavy atom. The number of fused-ring (bicyclic) bond motifs is 3. The number of carbonyl (C=O) groups is 2. The number of nitrogens with one attached hydrogen (secondary N) is 1. The van der Waals surface area contributed by atoms with E-state index in [9.17, 15) is 19.2 Å². The van der Waals surface area contributed by atoms with Crippen LogP contribution in [0, 0.1) is 6.92 Å². The maximum atomic E-state index is 13.1. The highest BCUT2D eigenvalue weighted by Gasteiger charge is 2.33. The third-order valence-electron chi connectivity index (χ3n) is 5.73. The number of hydrogen-bond donors (Lipinski definition) is 1. The minimum atomic E-state index is -0.625. The van der Waals surface area contributed by atoms with Gasteiger partial charge in [-0.2, -0.15) is 0 Å². The number of aromatic nitrogens is 3. The third kappa shape index (κ3) is 2.63. The predicted octanol–water partition coefficient (Wildman–Crippen LogP) is 1.13. The van der Waals surface area contributed by atoms with Gasteiger partial charge in [0, 0.05) is 26.2 Å². The molecule has 4 rings (SSSR count). The molecule has 2 aliphatic carbocycles. The summed E-state index contributed by atoms with van der Waals surface area (Å²) in [5.41, 5.74) is -0.265. The maximum absolute atomic E-state index is 13.1. The first-order valence-electron chi connectivity index (χ1n) is 9.49. The summed E-state index contributed by atoms with van der Waals surface area (Å²) in [6.07, 6.45) is 6.58. The Morgan fingerprint density at radius 1 is 1.00 bits per heavy atom. The van der Waals surface area contributed by atoms with Crippen LogP contribution in [-0.4, -0.2) is 31.7 Å². The number of ketones is 2. The van der Waals surface area contributed by atoms with Crippen molar-refractivity contribution in [3.63, 3.8) is 0 Å².